The lowest BCUT2D eigenvalue weighted by Crippen LogP contribution is -2.51. The average molecular weight is 329 g/mol. The number of pyridine rings is 1. The third-order valence-corrected chi connectivity index (χ3v) is 4.80. The van der Waals surface area contributed by atoms with Crippen molar-refractivity contribution in [1.29, 1.82) is 0 Å². The summed E-state index contributed by atoms with van der Waals surface area (Å²) in [5.74, 6) is 0.900. The summed E-state index contributed by atoms with van der Waals surface area (Å²) in [6.45, 7) is 10.0. The molecule has 6 heteroatoms. The van der Waals surface area contributed by atoms with E-state index in [1.807, 2.05) is 17.6 Å². The van der Waals surface area contributed by atoms with Gasteiger partial charge in [-0.15, -0.1) is 0 Å². The molecule has 24 heavy (non-hydrogen) atoms. The van der Waals surface area contributed by atoms with Gasteiger partial charge in [0.05, 0.1) is 16.9 Å². The van der Waals surface area contributed by atoms with Crippen LogP contribution in [0.5, 0.6) is 0 Å². The second-order valence-electron chi connectivity index (χ2n) is 6.57. The number of rotatable bonds is 5. The molecule has 6 nitrogen and oxygen atoms in total. The van der Waals surface area contributed by atoms with E-state index in [2.05, 4.69) is 29.0 Å². The van der Waals surface area contributed by atoms with Crippen LogP contribution < -0.4 is 10.9 Å². The maximum absolute atomic E-state index is 12.9. The number of nitrogens with zero attached hydrogens (tertiary/aromatic N) is 4. The highest BCUT2D eigenvalue weighted by molar-refractivity contribution is 5.76. The highest BCUT2D eigenvalue weighted by Gasteiger charge is 2.28. The van der Waals surface area contributed by atoms with Gasteiger partial charge in [-0.3, -0.25) is 19.2 Å². The summed E-state index contributed by atoms with van der Waals surface area (Å²) in [5.41, 5.74) is 0.772. The van der Waals surface area contributed by atoms with Crippen molar-refractivity contribution < 1.29 is 0 Å². The number of aromatic nitrogens is 3. The summed E-state index contributed by atoms with van der Waals surface area (Å²) in [5, 5.41) is 4.09. The Kier molecular flexibility index (Phi) is 5.26. The Morgan fingerprint density at radius 1 is 1.42 bits per heavy atom. The molecule has 0 amide bonds. The zero-order chi connectivity index (χ0) is 17.1. The molecule has 3 heterocycles. The van der Waals surface area contributed by atoms with Crippen molar-refractivity contribution in [2.45, 2.75) is 52.2 Å². The number of hydrogen-bond donors (Lipinski definition) is 1. The molecule has 0 spiro atoms. The second kappa shape index (κ2) is 7.40. The summed E-state index contributed by atoms with van der Waals surface area (Å²) in [7, 11) is 0. The molecule has 2 aromatic heterocycles. The Bertz CT molecular complexity index is 757. The molecule has 0 radical (unpaired) electrons. The van der Waals surface area contributed by atoms with Crippen molar-refractivity contribution in [2.24, 2.45) is 0 Å². The van der Waals surface area contributed by atoms with Gasteiger partial charge < -0.3 is 5.32 Å². The number of piperazine rings is 1. The van der Waals surface area contributed by atoms with Gasteiger partial charge in [0.2, 0.25) is 0 Å². The number of nitrogens with one attached hydrogen (secondary N) is 1. The summed E-state index contributed by atoms with van der Waals surface area (Å²) in [6, 6.07) is 2.48. The molecule has 1 fully saturated rings. The van der Waals surface area contributed by atoms with E-state index in [9.17, 15) is 4.79 Å². The summed E-state index contributed by atoms with van der Waals surface area (Å²) < 4.78 is 1.83. The Labute approximate surface area is 142 Å². The minimum absolute atomic E-state index is 0.0230. The first-order valence-corrected chi connectivity index (χ1v) is 8.97. The third kappa shape index (κ3) is 3.21. The lowest BCUT2D eigenvalue weighted by molar-refractivity contribution is 0.132. The van der Waals surface area contributed by atoms with Crippen LogP contribution in [0.2, 0.25) is 0 Å². The Morgan fingerprint density at radius 2 is 2.25 bits per heavy atom. The van der Waals surface area contributed by atoms with Gasteiger partial charge in [-0.2, -0.15) is 0 Å². The Hall–Kier alpha value is -1.79. The quantitative estimate of drug-likeness (QED) is 0.908. The molecule has 0 unspecified atom stereocenters. The van der Waals surface area contributed by atoms with Gasteiger partial charge in [0.25, 0.3) is 5.56 Å². The first-order valence-electron chi connectivity index (χ1n) is 8.97. The van der Waals surface area contributed by atoms with Crippen molar-refractivity contribution in [3.63, 3.8) is 0 Å². The van der Waals surface area contributed by atoms with Gasteiger partial charge in [-0.25, -0.2) is 4.98 Å². The maximum atomic E-state index is 12.9. The molecule has 1 aliphatic rings. The first-order chi connectivity index (χ1) is 11.7. The van der Waals surface area contributed by atoms with Gasteiger partial charge in [-0.1, -0.05) is 13.3 Å². The molecule has 2 atom stereocenters. The fourth-order valence-corrected chi connectivity index (χ4v) is 3.64. The predicted molar refractivity (Wildman–Crippen MR) is 96.2 cm³/mol. The molecule has 0 aliphatic carbocycles. The van der Waals surface area contributed by atoms with E-state index >= 15 is 0 Å². The van der Waals surface area contributed by atoms with Crippen LogP contribution in [0.4, 0.5) is 0 Å². The van der Waals surface area contributed by atoms with Gasteiger partial charge in [0.15, 0.2) is 0 Å². The largest absolute Gasteiger partial charge is 0.312 e. The van der Waals surface area contributed by atoms with Gasteiger partial charge in [0, 0.05) is 44.6 Å². The molecule has 3 rings (SSSR count). The molecule has 0 saturated carbocycles. The molecular weight excluding hydrogens is 302 g/mol. The van der Waals surface area contributed by atoms with E-state index in [1.54, 1.807) is 12.4 Å². The van der Waals surface area contributed by atoms with Crippen molar-refractivity contribution in [3.05, 3.63) is 34.6 Å². The minimum atomic E-state index is 0.0230. The molecule has 0 bridgehead atoms. The summed E-state index contributed by atoms with van der Waals surface area (Å²) in [6.07, 6.45) is 5.41. The fraction of sp³-hybridized carbons (Fsp3) is 0.611. The fourth-order valence-electron chi connectivity index (χ4n) is 3.64. The smallest absolute Gasteiger partial charge is 0.262 e. The summed E-state index contributed by atoms with van der Waals surface area (Å²) in [4.78, 5) is 24.3. The van der Waals surface area contributed by atoms with Crippen LogP contribution >= 0.6 is 0 Å². The topological polar surface area (TPSA) is 63.1 Å². The van der Waals surface area contributed by atoms with Gasteiger partial charge >= 0.3 is 0 Å². The van der Waals surface area contributed by atoms with Crippen LogP contribution in [0.3, 0.4) is 0 Å². The molecule has 2 aromatic rings. The molecule has 1 aliphatic heterocycles. The highest BCUT2D eigenvalue weighted by Crippen LogP contribution is 2.26. The number of hydrogen-bond acceptors (Lipinski definition) is 5. The third-order valence-electron chi connectivity index (χ3n) is 4.80. The molecule has 130 valence electrons. The maximum Gasteiger partial charge on any atom is 0.262 e. The highest BCUT2D eigenvalue weighted by atomic mass is 16.1. The van der Waals surface area contributed by atoms with Crippen LogP contribution in [0.15, 0.2) is 23.3 Å². The second-order valence-corrected chi connectivity index (χ2v) is 6.57. The van der Waals surface area contributed by atoms with Crippen molar-refractivity contribution in [2.75, 3.05) is 19.6 Å². The SMILES string of the molecule is CCC[C@@H](c1nc2ccncc2c(=O)n1CC)N1CCN[C@@H](C)C1. The minimum Gasteiger partial charge on any atom is -0.312 e. The van der Waals surface area contributed by atoms with E-state index in [0.29, 0.717) is 18.0 Å². The van der Waals surface area contributed by atoms with Crippen LogP contribution in [0, 0.1) is 0 Å². The Morgan fingerprint density at radius 3 is 2.96 bits per heavy atom. The van der Waals surface area contributed by atoms with Crippen molar-refractivity contribution in [1.82, 2.24) is 24.8 Å². The lowest BCUT2D eigenvalue weighted by atomic mass is 10.1. The molecule has 1 N–H and O–H groups in total. The predicted octanol–water partition coefficient (Wildman–Crippen LogP) is 1.95. The van der Waals surface area contributed by atoms with Crippen LogP contribution in [-0.4, -0.2) is 45.1 Å². The Balaban J connectivity index is 2.11. The van der Waals surface area contributed by atoms with Crippen LogP contribution in [0.25, 0.3) is 10.9 Å². The first kappa shape index (κ1) is 17.0. The van der Waals surface area contributed by atoms with Crippen LogP contribution in [0.1, 0.15) is 45.5 Å². The van der Waals surface area contributed by atoms with E-state index < -0.39 is 0 Å². The number of fused-ring (bicyclic) bond motifs is 1. The van der Waals surface area contributed by atoms with Crippen molar-refractivity contribution in [3.8, 4) is 0 Å². The van der Waals surface area contributed by atoms with Crippen molar-refractivity contribution >= 4 is 10.9 Å². The monoisotopic (exact) mass is 329 g/mol. The van der Waals surface area contributed by atoms with Gasteiger partial charge in [-0.05, 0) is 26.3 Å². The van der Waals surface area contributed by atoms with E-state index in [-0.39, 0.29) is 11.6 Å². The lowest BCUT2D eigenvalue weighted by Gasteiger charge is -2.38. The standard InChI is InChI=1S/C18H27N5O/c1-4-6-16(22-10-9-20-13(3)12-22)17-21-15-7-8-19-11-14(15)18(24)23(17)5-2/h7-8,11,13,16,20H,4-6,9-10,12H2,1-3H3/t13-,16-/m0/s1. The van der Waals surface area contributed by atoms with E-state index in [1.165, 1.54) is 0 Å². The molecule has 0 aromatic carbocycles. The zero-order valence-electron chi connectivity index (χ0n) is 14.8. The average Bonchev–Trinajstić information content (AvgIpc) is 2.59. The molecule has 1 saturated heterocycles. The molecular formula is C18H27N5O. The van der Waals surface area contributed by atoms with E-state index in [4.69, 9.17) is 4.98 Å². The zero-order valence-corrected chi connectivity index (χ0v) is 14.8. The van der Waals surface area contributed by atoms with E-state index in [0.717, 1.165) is 43.8 Å². The van der Waals surface area contributed by atoms with Crippen LogP contribution in [-0.2, 0) is 6.54 Å². The summed E-state index contributed by atoms with van der Waals surface area (Å²) >= 11 is 0. The normalized spacial score (nSPS) is 20.4. The van der Waals surface area contributed by atoms with Gasteiger partial charge in [0.1, 0.15) is 5.82 Å².